The number of nitrogens with one attached hydrogen (secondary N) is 6. The lowest BCUT2D eigenvalue weighted by molar-refractivity contribution is -0.136. The SMILES string of the molecule is C[C@@H](O)[C@@H]1CC(=O)CNC(=O)[C@H](Cc2ccccc2)NC(=O)[C@H](Cc2ccccc2)NC(=O)CNC(=O)C(Cc2ccccc2)NC(=O)[C@H](Cc2ccccc2)NC1=O. The summed E-state index contributed by atoms with van der Waals surface area (Å²) in [5.74, 6) is -6.21. The molecule has 0 radical (unpaired) electrons. The second-order valence-corrected chi connectivity index (χ2v) is 14.6. The lowest BCUT2D eigenvalue weighted by atomic mass is 9.94. The average molecular weight is 803 g/mol. The molecule has 1 aliphatic heterocycles. The second kappa shape index (κ2) is 21.7. The van der Waals surface area contributed by atoms with E-state index in [-0.39, 0.29) is 25.7 Å². The largest absolute Gasteiger partial charge is 0.393 e. The van der Waals surface area contributed by atoms with Gasteiger partial charge in [-0.3, -0.25) is 33.6 Å². The Hall–Kier alpha value is -6.67. The van der Waals surface area contributed by atoms with Gasteiger partial charge in [0.25, 0.3) is 0 Å². The minimum Gasteiger partial charge on any atom is -0.393 e. The molecule has 0 saturated carbocycles. The number of Topliss-reactive ketones (excluding diaryl/α,β-unsaturated/α-hetero) is 1. The normalized spacial score (nSPS) is 22.3. The number of hydrogen-bond acceptors (Lipinski definition) is 8. The maximum atomic E-state index is 14.1. The standard InChI is InChI=1S/C45H50N6O8/c1-29(52)35-26-34(53)27-46-42(56)36(22-30-14-6-2-7-15-30)50-44(58)38(24-32-18-10-4-11-19-32)48-40(54)28-47-43(57)37(23-31-16-8-3-9-17-31)51-45(59)39(49-41(35)55)25-33-20-12-5-13-21-33/h2-21,29,35-39,52H,22-28H2,1H3,(H,46,56)(H,47,57)(H,48,54)(H,49,55)(H,50,58)(H,51,59)/t29-,35+,36+,37?,38+,39+/m1/s1. The van der Waals surface area contributed by atoms with E-state index in [2.05, 4.69) is 31.9 Å². The van der Waals surface area contributed by atoms with Gasteiger partial charge in [-0.05, 0) is 29.2 Å². The Kier molecular flexibility index (Phi) is 16.0. The van der Waals surface area contributed by atoms with Crippen molar-refractivity contribution in [3.63, 3.8) is 0 Å². The number of amides is 6. The van der Waals surface area contributed by atoms with Crippen molar-refractivity contribution < 1.29 is 38.7 Å². The van der Waals surface area contributed by atoms with Crippen LogP contribution in [0.15, 0.2) is 121 Å². The molecule has 4 aromatic carbocycles. The maximum Gasteiger partial charge on any atom is 0.243 e. The zero-order valence-electron chi connectivity index (χ0n) is 32.8. The zero-order chi connectivity index (χ0) is 42.1. The van der Waals surface area contributed by atoms with Crippen LogP contribution in [0, 0.1) is 5.92 Å². The van der Waals surface area contributed by atoms with E-state index in [1.165, 1.54) is 6.92 Å². The Bertz CT molecular complexity index is 2050. The van der Waals surface area contributed by atoms with Crippen LogP contribution >= 0.6 is 0 Å². The first-order valence-electron chi connectivity index (χ1n) is 19.6. The van der Waals surface area contributed by atoms with Gasteiger partial charge in [-0.15, -0.1) is 0 Å². The van der Waals surface area contributed by atoms with Crippen molar-refractivity contribution in [2.24, 2.45) is 5.92 Å². The molecule has 1 aliphatic rings. The predicted octanol–water partition coefficient (Wildman–Crippen LogP) is 1.10. The third-order valence-electron chi connectivity index (χ3n) is 9.93. The monoisotopic (exact) mass is 802 g/mol. The lowest BCUT2D eigenvalue weighted by Crippen LogP contribution is -2.57. The first kappa shape index (κ1) is 43.5. The van der Waals surface area contributed by atoms with Gasteiger partial charge in [-0.2, -0.15) is 0 Å². The molecule has 1 unspecified atom stereocenters. The molecule has 14 heteroatoms. The zero-order valence-corrected chi connectivity index (χ0v) is 32.8. The highest BCUT2D eigenvalue weighted by molar-refractivity contribution is 5.97. The van der Waals surface area contributed by atoms with E-state index in [4.69, 9.17) is 0 Å². The molecule has 4 aromatic rings. The highest BCUT2D eigenvalue weighted by Gasteiger charge is 2.34. The Balaban J connectivity index is 1.48. The number of carbonyl (C=O) groups excluding carboxylic acids is 7. The highest BCUT2D eigenvalue weighted by atomic mass is 16.3. The molecule has 7 N–H and O–H groups in total. The van der Waals surface area contributed by atoms with Gasteiger partial charge in [0, 0.05) is 32.1 Å². The summed E-state index contributed by atoms with van der Waals surface area (Å²) in [6.45, 7) is 0.259. The maximum absolute atomic E-state index is 14.1. The molecular formula is C45H50N6O8. The molecule has 5 rings (SSSR count). The van der Waals surface area contributed by atoms with Gasteiger partial charge in [0.15, 0.2) is 5.78 Å². The number of carbonyl (C=O) groups is 7. The van der Waals surface area contributed by atoms with Gasteiger partial charge in [-0.25, -0.2) is 0 Å². The van der Waals surface area contributed by atoms with Gasteiger partial charge >= 0.3 is 0 Å². The summed E-state index contributed by atoms with van der Waals surface area (Å²) in [7, 11) is 0. The number of ketones is 1. The molecular weight excluding hydrogens is 753 g/mol. The number of rotatable bonds is 9. The van der Waals surface area contributed by atoms with Crippen molar-refractivity contribution in [1.82, 2.24) is 31.9 Å². The molecule has 0 bridgehead atoms. The summed E-state index contributed by atoms with van der Waals surface area (Å²) in [5.41, 5.74) is 2.81. The smallest absolute Gasteiger partial charge is 0.243 e. The molecule has 0 aliphatic carbocycles. The van der Waals surface area contributed by atoms with Crippen LogP contribution in [-0.4, -0.2) is 89.7 Å². The molecule has 6 amide bonds. The summed E-state index contributed by atoms with van der Waals surface area (Å²) >= 11 is 0. The van der Waals surface area contributed by atoms with Crippen LogP contribution in [0.4, 0.5) is 0 Å². The van der Waals surface area contributed by atoms with E-state index in [1.807, 2.05) is 0 Å². The first-order valence-corrected chi connectivity index (χ1v) is 19.6. The van der Waals surface area contributed by atoms with Crippen LogP contribution in [0.25, 0.3) is 0 Å². The van der Waals surface area contributed by atoms with Gasteiger partial charge in [0.1, 0.15) is 24.2 Å². The van der Waals surface area contributed by atoms with Gasteiger partial charge < -0.3 is 37.0 Å². The minimum absolute atomic E-state index is 0.00363. The van der Waals surface area contributed by atoms with Crippen molar-refractivity contribution in [3.8, 4) is 0 Å². The number of hydrogen-bond donors (Lipinski definition) is 7. The number of aliphatic hydroxyl groups is 1. The molecule has 1 heterocycles. The van der Waals surface area contributed by atoms with Crippen molar-refractivity contribution in [1.29, 1.82) is 0 Å². The van der Waals surface area contributed by atoms with Crippen molar-refractivity contribution in [2.45, 2.75) is 69.3 Å². The molecule has 14 nitrogen and oxygen atoms in total. The molecule has 59 heavy (non-hydrogen) atoms. The number of aliphatic hydroxyl groups excluding tert-OH is 1. The van der Waals surface area contributed by atoms with Crippen LogP contribution in [-0.2, 0) is 59.2 Å². The fraction of sp³-hybridized carbons (Fsp3) is 0.311. The predicted molar refractivity (Wildman–Crippen MR) is 219 cm³/mol. The van der Waals surface area contributed by atoms with E-state index in [0.29, 0.717) is 22.3 Å². The van der Waals surface area contributed by atoms with Crippen molar-refractivity contribution in [3.05, 3.63) is 144 Å². The topological polar surface area (TPSA) is 212 Å². The van der Waals surface area contributed by atoms with Crippen LogP contribution in [0.2, 0.25) is 0 Å². The van der Waals surface area contributed by atoms with E-state index < -0.39 is 96.9 Å². The summed E-state index contributed by atoms with van der Waals surface area (Å²) in [5, 5.41) is 26.7. The first-order chi connectivity index (χ1) is 28.4. The summed E-state index contributed by atoms with van der Waals surface area (Å²) in [6.07, 6.45) is -1.70. The van der Waals surface area contributed by atoms with Crippen LogP contribution in [0.5, 0.6) is 0 Å². The fourth-order valence-corrected chi connectivity index (χ4v) is 6.70. The molecule has 1 saturated heterocycles. The minimum atomic E-state index is -1.33. The van der Waals surface area contributed by atoms with Crippen LogP contribution in [0.1, 0.15) is 35.6 Å². The van der Waals surface area contributed by atoms with E-state index in [0.717, 1.165) is 0 Å². The summed E-state index contributed by atoms with van der Waals surface area (Å²) < 4.78 is 0. The third-order valence-corrected chi connectivity index (χ3v) is 9.93. The van der Waals surface area contributed by atoms with Gasteiger partial charge in [-0.1, -0.05) is 121 Å². The molecule has 0 aromatic heterocycles. The molecule has 0 spiro atoms. The average Bonchev–Trinajstić information content (AvgIpc) is 3.23. The van der Waals surface area contributed by atoms with Crippen LogP contribution in [0.3, 0.4) is 0 Å². The molecule has 308 valence electrons. The molecule has 6 atom stereocenters. The van der Waals surface area contributed by atoms with E-state index >= 15 is 0 Å². The summed E-state index contributed by atoms with van der Waals surface area (Å²) in [4.78, 5) is 96.2. The quantitative estimate of drug-likeness (QED) is 0.130. The Labute approximate surface area is 342 Å². The third kappa shape index (κ3) is 13.7. The van der Waals surface area contributed by atoms with E-state index in [1.54, 1.807) is 121 Å². The Morgan fingerprint density at radius 1 is 0.458 bits per heavy atom. The van der Waals surface area contributed by atoms with Crippen molar-refractivity contribution >= 4 is 41.2 Å². The van der Waals surface area contributed by atoms with Gasteiger partial charge in [0.05, 0.1) is 25.1 Å². The van der Waals surface area contributed by atoms with E-state index in [9.17, 15) is 38.7 Å². The second-order valence-electron chi connectivity index (χ2n) is 14.6. The van der Waals surface area contributed by atoms with Crippen molar-refractivity contribution in [2.75, 3.05) is 13.1 Å². The Morgan fingerprint density at radius 3 is 1.15 bits per heavy atom. The van der Waals surface area contributed by atoms with Crippen LogP contribution < -0.4 is 31.9 Å². The highest BCUT2D eigenvalue weighted by Crippen LogP contribution is 2.14. The number of benzene rings is 4. The lowest BCUT2D eigenvalue weighted by Gasteiger charge is -2.26. The molecule has 1 fully saturated rings. The fourth-order valence-electron chi connectivity index (χ4n) is 6.70. The summed E-state index contributed by atoms with van der Waals surface area (Å²) in [6, 6.07) is 30.7. The van der Waals surface area contributed by atoms with Gasteiger partial charge in [0.2, 0.25) is 35.4 Å². The Morgan fingerprint density at radius 2 is 0.780 bits per heavy atom.